The molecule has 0 saturated heterocycles. The van der Waals surface area contributed by atoms with Crippen LogP contribution < -0.4 is 4.89 Å². The Morgan fingerprint density at radius 3 is 2.38 bits per heavy atom. The van der Waals surface area contributed by atoms with Crippen LogP contribution in [0.5, 0.6) is 0 Å². The maximum absolute atomic E-state index is 11.4. The Hall–Kier alpha value is -1.44. The summed E-state index contributed by atoms with van der Waals surface area (Å²) in [6, 6.07) is 5.52. The Kier molecular flexibility index (Phi) is 3.99. The highest BCUT2D eigenvalue weighted by Crippen LogP contribution is 2.10. The minimum absolute atomic E-state index is 0.0171. The van der Waals surface area contributed by atoms with Gasteiger partial charge in [-0.25, -0.2) is 8.42 Å². The van der Waals surface area contributed by atoms with Crippen LogP contribution in [-0.2, 0) is 26.1 Å². The van der Waals surface area contributed by atoms with Gasteiger partial charge in [-0.1, -0.05) is 17.0 Å². The van der Waals surface area contributed by atoms with E-state index < -0.39 is 16.0 Å². The van der Waals surface area contributed by atoms with E-state index >= 15 is 0 Å². The number of sulfonamides is 1. The average Bonchev–Trinajstić information content (AvgIpc) is 2.17. The van der Waals surface area contributed by atoms with Crippen LogP contribution in [0.15, 0.2) is 29.2 Å². The number of hydrogen-bond acceptors (Lipinski definition) is 4. The Balaban J connectivity index is 2.91. The van der Waals surface area contributed by atoms with Crippen molar-refractivity contribution in [2.24, 2.45) is 0 Å². The van der Waals surface area contributed by atoms with Gasteiger partial charge < -0.3 is 5.11 Å². The zero-order chi connectivity index (χ0) is 12.2. The van der Waals surface area contributed by atoms with Gasteiger partial charge in [0.15, 0.2) is 0 Å². The minimum Gasteiger partial charge on any atom is -0.481 e. The normalized spacial score (nSPS) is 11.3. The number of carboxylic acid groups (broad SMARTS) is 1. The van der Waals surface area contributed by atoms with Crippen LogP contribution in [0.3, 0.4) is 0 Å². The van der Waals surface area contributed by atoms with E-state index in [2.05, 4.69) is 4.84 Å². The molecule has 0 spiro atoms. The first-order chi connectivity index (χ1) is 7.45. The third kappa shape index (κ3) is 3.30. The van der Waals surface area contributed by atoms with Gasteiger partial charge in [0.1, 0.15) is 0 Å². The van der Waals surface area contributed by atoms with E-state index in [4.69, 9.17) is 5.11 Å². The van der Waals surface area contributed by atoms with Gasteiger partial charge in [0, 0.05) is 0 Å². The van der Waals surface area contributed by atoms with Crippen molar-refractivity contribution in [1.82, 2.24) is 4.89 Å². The lowest BCUT2D eigenvalue weighted by atomic mass is 10.2. The minimum atomic E-state index is -3.68. The summed E-state index contributed by atoms with van der Waals surface area (Å²) in [5.74, 6) is -0.967. The molecule has 6 nitrogen and oxygen atoms in total. The molecular formula is C9H11NO5S. The summed E-state index contributed by atoms with van der Waals surface area (Å²) in [6.07, 6.45) is -0.141. The quantitative estimate of drug-likeness (QED) is 0.720. The SMILES string of the molecule is CONS(=O)(=O)c1ccc(CC(=O)O)cc1. The number of nitrogens with one attached hydrogen (secondary N) is 1. The van der Waals surface area contributed by atoms with E-state index in [9.17, 15) is 13.2 Å². The first-order valence-corrected chi connectivity index (χ1v) is 5.79. The molecule has 1 rings (SSSR count). The lowest BCUT2D eigenvalue weighted by Gasteiger charge is -2.04. The van der Waals surface area contributed by atoms with Crippen LogP contribution in [0.25, 0.3) is 0 Å². The maximum Gasteiger partial charge on any atom is 0.307 e. The van der Waals surface area contributed by atoms with E-state index in [0.717, 1.165) is 0 Å². The van der Waals surface area contributed by atoms with Crippen molar-refractivity contribution in [2.75, 3.05) is 7.11 Å². The molecule has 0 saturated carbocycles. The Bertz CT molecular complexity index is 465. The number of carboxylic acids is 1. The van der Waals surface area contributed by atoms with Crippen molar-refractivity contribution in [3.8, 4) is 0 Å². The molecule has 0 bridgehead atoms. The van der Waals surface area contributed by atoms with Crippen molar-refractivity contribution < 1.29 is 23.2 Å². The second-order valence-corrected chi connectivity index (χ2v) is 4.65. The molecule has 0 aliphatic carbocycles. The molecule has 0 radical (unpaired) electrons. The number of carbonyl (C=O) groups is 1. The van der Waals surface area contributed by atoms with E-state index in [1.54, 1.807) is 0 Å². The van der Waals surface area contributed by atoms with Gasteiger partial charge in [-0.15, -0.1) is 0 Å². The molecule has 2 N–H and O–H groups in total. The van der Waals surface area contributed by atoms with E-state index in [1.165, 1.54) is 31.4 Å². The van der Waals surface area contributed by atoms with E-state index in [-0.39, 0.29) is 11.3 Å². The van der Waals surface area contributed by atoms with Crippen LogP contribution in [0, 0.1) is 0 Å². The Labute approximate surface area is 92.9 Å². The molecule has 0 heterocycles. The molecule has 16 heavy (non-hydrogen) atoms. The Morgan fingerprint density at radius 2 is 1.94 bits per heavy atom. The standard InChI is InChI=1S/C9H11NO5S/c1-15-10-16(13,14)8-4-2-7(3-5-8)6-9(11)12/h2-5,10H,6H2,1H3,(H,11,12). The first-order valence-electron chi connectivity index (χ1n) is 4.31. The van der Waals surface area contributed by atoms with Gasteiger partial charge in [0.05, 0.1) is 18.4 Å². The summed E-state index contributed by atoms with van der Waals surface area (Å²) in [6.45, 7) is 0. The highest BCUT2D eigenvalue weighted by atomic mass is 32.2. The van der Waals surface area contributed by atoms with Gasteiger partial charge in [-0.05, 0) is 17.7 Å². The van der Waals surface area contributed by atoms with Gasteiger partial charge >= 0.3 is 5.97 Å². The number of benzene rings is 1. The Morgan fingerprint density at radius 1 is 1.38 bits per heavy atom. The van der Waals surface area contributed by atoms with Crippen molar-refractivity contribution in [3.05, 3.63) is 29.8 Å². The zero-order valence-corrected chi connectivity index (χ0v) is 9.32. The predicted molar refractivity (Wildman–Crippen MR) is 55.1 cm³/mol. The van der Waals surface area contributed by atoms with Gasteiger partial charge in [-0.2, -0.15) is 0 Å². The molecule has 0 aliphatic heterocycles. The largest absolute Gasteiger partial charge is 0.481 e. The summed E-state index contributed by atoms with van der Waals surface area (Å²) in [7, 11) is -2.48. The highest BCUT2D eigenvalue weighted by Gasteiger charge is 2.13. The molecular weight excluding hydrogens is 234 g/mol. The van der Waals surface area contributed by atoms with Crippen LogP contribution in [0.2, 0.25) is 0 Å². The number of aliphatic carboxylic acids is 1. The van der Waals surface area contributed by atoms with Crippen molar-refractivity contribution >= 4 is 16.0 Å². The summed E-state index contributed by atoms with van der Waals surface area (Å²) in [4.78, 5) is 16.6. The molecule has 0 fully saturated rings. The second-order valence-electron chi connectivity index (χ2n) is 3.01. The smallest absolute Gasteiger partial charge is 0.307 e. The van der Waals surface area contributed by atoms with Gasteiger partial charge in [0.2, 0.25) is 0 Å². The van der Waals surface area contributed by atoms with Gasteiger partial charge in [0.25, 0.3) is 10.0 Å². The molecule has 0 aromatic heterocycles. The lowest BCUT2D eigenvalue weighted by Crippen LogP contribution is -2.22. The lowest BCUT2D eigenvalue weighted by molar-refractivity contribution is -0.136. The molecule has 7 heteroatoms. The van der Waals surface area contributed by atoms with Crippen molar-refractivity contribution in [2.45, 2.75) is 11.3 Å². The highest BCUT2D eigenvalue weighted by molar-refractivity contribution is 7.89. The number of rotatable bonds is 5. The van der Waals surface area contributed by atoms with Crippen LogP contribution in [0.1, 0.15) is 5.56 Å². The van der Waals surface area contributed by atoms with E-state index in [0.29, 0.717) is 5.56 Å². The third-order valence-corrected chi connectivity index (χ3v) is 3.06. The average molecular weight is 245 g/mol. The summed E-state index contributed by atoms with van der Waals surface area (Å²) in [5.41, 5.74) is 0.531. The topological polar surface area (TPSA) is 92.7 Å². The van der Waals surface area contributed by atoms with E-state index in [1.807, 2.05) is 4.89 Å². The molecule has 88 valence electrons. The molecule has 1 aromatic rings. The monoisotopic (exact) mass is 245 g/mol. The summed E-state index contributed by atoms with van der Waals surface area (Å²) in [5, 5.41) is 8.53. The zero-order valence-electron chi connectivity index (χ0n) is 8.50. The fraction of sp³-hybridized carbons (Fsp3) is 0.222. The fourth-order valence-corrected chi connectivity index (χ4v) is 1.93. The molecule has 0 aliphatic rings. The van der Waals surface area contributed by atoms with Crippen molar-refractivity contribution in [1.29, 1.82) is 0 Å². The molecule has 0 unspecified atom stereocenters. The molecule has 0 atom stereocenters. The predicted octanol–water partition coefficient (Wildman–Crippen LogP) is 0.153. The fourth-order valence-electron chi connectivity index (χ4n) is 1.12. The molecule has 1 aromatic carbocycles. The summed E-state index contributed by atoms with van der Waals surface area (Å²) >= 11 is 0. The number of hydrogen-bond donors (Lipinski definition) is 2. The molecule has 0 amide bonds. The van der Waals surface area contributed by atoms with Crippen molar-refractivity contribution in [3.63, 3.8) is 0 Å². The third-order valence-electron chi connectivity index (χ3n) is 1.78. The second kappa shape index (κ2) is 5.06. The first kappa shape index (κ1) is 12.6. The van der Waals surface area contributed by atoms with Crippen LogP contribution in [0.4, 0.5) is 0 Å². The van der Waals surface area contributed by atoms with Gasteiger partial charge in [-0.3, -0.25) is 9.63 Å². The van der Waals surface area contributed by atoms with Crippen LogP contribution in [-0.4, -0.2) is 26.6 Å². The maximum atomic E-state index is 11.4. The summed E-state index contributed by atoms with van der Waals surface area (Å²) < 4.78 is 22.8. The van der Waals surface area contributed by atoms with Crippen LogP contribution >= 0.6 is 0 Å².